The molecule has 6 N–H and O–H groups in total. The first-order valence-corrected chi connectivity index (χ1v) is 33.1. The topological polar surface area (TPSA) is 175 Å². The largest absolute Gasteiger partial charge is 0.454 e. The van der Waals surface area contributed by atoms with Crippen LogP contribution in [0.5, 0.6) is 0 Å². The molecule has 0 bridgehead atoms. The second-order valence-electron chi connectivity index (χ2n) is 22.9. The second kappa shape index (κ2) is 55.9. The molecule has 11 nitrogen and oxygen atoms in total. The van der Waals surface area contributed by atoms with Gasteiger partial charge in [-0.05, 0) is 44.9 Å². The molecule has 0 saturated carbocycles. The van der Waals surface area contributed by atoms with E-state index < -0.39 is 67.4 Å². The number of carbonyl (C=O) groups is 2. The minimum absolute atomic E-state index is 0.123. The van der Waals surface area contributed by atoms with Crippen molar-refractivity contribution in [2.75, 3.05) is 13.2 Å². The summed E-state index contributed by atoms with van der Waals surface area (Å²) in [5.74, 6) is -1.21. The number of aliphatic hydroxyl groups is 5. The van der Waals surface area contributed by atoms with Crippen LogP contribution in [0.3, 0.4) is 0 Å². The lowest BCUT2D eigenvalue weighted by Gasteiger charge is -2.41. The Morgan fingerprint density at radius 1 is 0.506 bits per heavy atom. The fraction of sp³-hybridized carbons (Fsp3) is 0.824. The van der Waals surface area contributed by atoms with E-state index in [0.717, 1.165) is 70.6 Å². The van der Waals surface area contributed by atoms with E-state index >= 15 is 0 Å². The highest BCUT2D eigenvalue weighted by molar-refractivity contribution is 5.80. The van der Waals surface area contributed by atoms with Crippen LogP contribution < -0.4 is 5.32 Å². The Labute approximate surface area is 484 Å². The van der Waals surface area contributed by atoms with Gasteiger partial charge in [-0.1, -0.05) is 306 Å². The van der Waals surface area contributed by atoms with Crippen LogP contribution >= 0.6 is 0 Å². The van der Waals surface area contributed by atoms with Crippen molar-refractivity contribution in [2.45, 2.75) is 346 Å². The van der Waals surface area contributed by atoms with Crippen molar-refractivity contribution < 1.29 is 49.3 Å². The van der Waals surface area contributed by atoms with Crippen LogP contribution in [-0.4, -0.2) is 99.6 Å². The molecule has 79 heavy (non-hydrogen) atoms. The normalized spacial score (nSPS) is 19.2. The van der Waals surface area contributed by atoms with Gasteiger partial charge >= 0.3 is 5.97 Å². The molecule has 460 valence electrons. The van der Waals surface area contributed by atoms with E-state index in [-0.39, 0.29) is 19.4 Å². The maximum absolute atomic E-state index is 13.4. The summed E-state index contributed by atoms with van der Waals surface area (Å²) in [5, 5.41) is 57.0. The fourth-order valence-electron chi connectivity index (χ4n) is 10.3. The van der Waals surface area contributed by atoms with Crippen LogP contribution in [0.25, 0.3) is 0 Å². The highest BCUT2D eigenvalue weighted by atomic mass is 16.7. The zero-order valence-electron chi connectivity index (χ0n) is 51.0. The molecule has 8 atom stereocenters. The lowest BCUT2D eigenvalue weighted by Crippen LogP contribution is -2.61. The average Bonchev–Trinajstić information content (AvgIpc) is 3.45. The molecule has 1 rings (SSSR count). The van der Waals surface area contributed by atoms with Crippen molar-refractivity contribution in [3.8, 4) is 0 Å². The second-order valence-corrected chi connectivity index (χ2v) is 22.9. The summed E-state index contributed by atoms with van der Waals surface area (Å²) < 4.78 is 17.6. The molecular formula is C68H123NO10. The van der Waals surface area contributed by atoms with Crippen molar-refractivity contribution in [2.24, 2.45) is 0 Å². The molecular weight excluding hydrogens is 991 g/mol. The Kier molecular flexibility index (Phi) is 52.6. The van der Waals surface area contributed by atoms with Crippen molar-refractivity contribution in [3.05, 3.63) is 60.8 Å². The third-order valence-electron chi connectivity index (χ3n) is 15.5. The maximum Gasteiger partial charge on any atom is 0.306 e. The first-order valence-electron chi connectivity index (χ1n) is 33.1. The number of esters is 1. The molecule has 1 aliphatic heterocycles. The zero-order valence-corrected chi connectivity index (χ0v) is 51.0. The first kappa shape index (κ1) is 74.4. The Morgan fingerprint density at radius 2 is 0.911 bits per heavy atom. The van der Waals surface area contributed by atoms with Gasteiger partial charge < -0.3 is 45.1 Å². The van der Waals surface area contributed by atoms with E-state index in [0.29, 0.717) is 12.8 Å². The van der Waals surface area contributed by atoms with E-state index in [1.807, 2.05) is 42.5 Å². The van der Waals surface area contributed by atoms with Crippen molar-refractivity contribution in [1.82, 2.24) is 5.32 Å². The fourth-order valence-corrected chi connectivity index (χ4v) is 10.3. The summed E-state index contributed by atoms with van der Waals surface area (Å²) >= 11 is 0. The Bertz CT molecular complexity index is 1510. The Hall–Kier alpha value is -2.64. The summed E-state index contributed by atoms with van der Waals surface area (Å²) in [4.78, 5) is 26.6. The highest BCUT2D eigenvalue weighted by Crippen LogP contribution is 2.26. The number of amides is 1. The number of carbonyl (C=O) groups excluding carboxylic acids is 2. The van der Waals surface area contributed by atoms with Crippen LogP contribution in [-0.2, 0) is 23.8 Å². The summed E-state index contributed by atoms with van der Waals surface area (Å²) in [6.45, 7) is 5.65. The molecule has 1 heterocycles. The average molecular weight is 1110 g/mol. The molecule has 0 aromatic carbocycles. The molecule has 0 aromatic rings. The quantitative estimate of drug-likeness (QED) is 0.0149. The molecule has 0 aliphatic carbocycles. The van der Waals surface area contributed by atoms with Gasteiger partial charge in [0.25, 0.3) is 0 Å². The molecule has 1 fully saturated rings. The van der Waals surface area contributed by atoms with Gasteiger partial charge in [0.05, 0.1) is 25.4 Å². The predicted octanol–water partition coefficient (Wildman–Crippen LogP) is 16.2. The van der Waals surface area contributed by atoms with Crippen LogP contribution in [0, 0.1) is 0 Å². The van der Waals surface area contributed by atoms with E-state index in [1.165, 1.54) is 180 Å². The lowest BCUT2D eigenvalue weighted by atomic mass is 9.99. The minimum atomic E-state index is -1.62. The van der Waals surface area contributed by atoms with Gasteiger partial charge in [0.15, 0.2) is 12.4 Å². The van der Waals surface area contributed by atoms with E-state index in [1.54, 1.807) is 6.08 Å². The van der Waals surface area contributed by atoms with Gasteiger partial charge in [-0.2, -0.15) is 0 Å². The molecule has 1 aliphatic rings. The minimum Gasteiger partial charge on any atom is -0.454 e. The number of ether oxygens (including phenoxy) is 3. The van der Waals surface area contributed by atoms with Gasteiger partial charge in [0.1, 0.15) is 24.4 Å². The molecule has 0 aromatic heterocycles. The van der Waals surface area contributed by atoms with Crippen LogP contribution in [0.1, 0.15) is 297 Å². The molecule has 1 saturated heterocycles. The summed E-state index contributed by atoms with van der Waals surface area (Å²) in [6, 6.07) is -1.04. The van der Waals surface area contributed by atoms with E-state index in [4.69, 9.17) is 14.2 Å². The Balaban J connectivity index is 2.56. The Morgan fingerprint density at radius 3 is 1.37 bits per heavy atom. The van der Waals surface area contributed by atoms with Crippen molar-refractivity contribution in [1.29, 1.82) is 0 Å². The van der Waals surface area contributed by atoms with Gasteiger partial charge in [-0.15, -0.1) is 0 Å². The summed E-state index contributed by atoms with van der Waals surface area (Å²) in [7, 11) is 0. The molecule has 8 unspecified atom stereocenters. The monoisotopic (exact) mass is 1110 g/mol. The standard InChI is InChI=1S/C68H123NO10/c1-4-7-10-13-16-19-22-24-26-27-28-29-30-31-32-33-34-35-36-38-41-44-47-50-53-56-63(73)79-66-65(75)64(74)62(57-70)78-68(66)77-58-59(60(71)54-51-48-45-42-39-21-18-15-12-9-6-3)69-67(76)61(72)55-52-49-46-43-40-37-25-23-20-17-14-11-8-5-2/h8,11,14,17,20,23,25,37,51,54,59-62,64-66,68,70-72,74-75H,4-7,9-10,12-13,15-16,18-19,21-22,24,26-36,38-50,52-53,55-58H2,1-3H3,(H,69,76)/b11-8+,17-14+,23-20+,37-25-,54-51+. The predicted molar refractivity (Wildman–Crippen MR) is 329 cm³/mol. The number of nitrogens with one attached hydrogen (secondary N) is 1. The SMILES string of the molecule is CC/C=C/C=C/C=C/C=C\CCCCCCC(O)C(=O)NC(COC1OC(CO)C(O)C(O)C1OC(=O)CCCCCCCCCCCCCCCCCCCCCCCCCCC)C(O)/C=C/CCCCCCCCCCC. The first-order chi connectivity index (χ1) is 38.7. The number of aliphatic hydroxyl groups excluding tert-OH is 5. The van der Waals surface area contributed by atoms with Gasteiger partial charge in [0.2, 0.25) is 5.91 Å². The van der Waals surface area contributed by atoms with Crippen molar-refractivity contribution in [3.63, 3.8) is 0 Å². The van der Waals surface area contributed by atoms with Crippen molar-refractivity contribution >= 4 is 11.9 Å². The number of rotatable bonds is 56. The zero-order chi connectivity index (χ0) is 57.5. The number of hydrogen-bond donors (Lipinski definition) is 6. The van der Waals surface area contributed by atoms with Gasteiger partial charge in [-0.25, -0.2) is 0 Å². The summed E-state index contributed by atoms with van der Waals surface area (Å²) in [6.07, 6.45) is 59.9. The summed E-state index contributed by atoms with van der Waals surface area (Å²) in [5.41, 5.74) is 0. The van der Waals surface area contributed by atoms with Crippen LogP contribution in [0.15, 0.2) is 60.8 Å². The highest BCUT2D eigenvalue weighted by Gasteiger charge is 2.47. The smallest absolute Gasteiger partial charge is 0.306 e. The molecule has 0 spiro atoms. The van der Waals surface area contributed by atoms with E-state index in [9.17, 15) is 35.1 Å². The van der Waals surface area contributed by atoms with E-state index in [2.05, 4.69) is 38.2 Å². The third-order valence-corrected chi connectivity index (χ3v) is 15.5. The van der Waals surface area contributed by atoms with Crippen LogP contribution in [0.4, 0.5) is 0 Å². The van der Waals surface area contributed by atoms with Gasteiger partial charge in [0, 0.05) is 6.42 Å². The molecule has 0 radical (unpaired) electrons. The number of allylic oxidation sites excluding steroid dienone is 9. The number of unbranched alkanes of at least 4 members (excludes halogenated alkanes) is 37. The van der Waals surface area contributed by atoms with Crippen LogP contribution in [0.2, 0.25) is 0 Å². The lowest BCUT2D eigenvalue weighted by molar-refractivity contribution is -0.305. The third kappa shape index (κ3) is 43.7. The number of hydrogen-bond acceptors (Lipinski definition) is 10. The molecule has 1 amide bonds. The molecule has 11 heteroatoms. The van der Waals surface area contributed by atoms with Gasteiger partial charge in [-0.3, -0.25) is 9.59 Å². The maximum atomic E-state index is 13.4.